The van der Waals surface area contributed by atoms with Gasteiger partial charge in [-0.1, -0.05) is 45.1 Å². The summed E-state index contributed by atoms with van der Waals surface area (Å²) in [6.45, 7) is 16.6. The van der Waals surface area contributed by atoms with Gasteiger partial charge in [-0.05, 0) is 123 Å². The van der Waals surface area contributed by atoms with Crippen molar-refractivity contribution >= 4 is 55.5 Å². The van der Waals surface area contributed by atoms with E-state index in [0.29, 0.717) is 41.5 Å². The highest BCUT2D eigenvalue weighted by atomic mass is 127. The summed E-state index contributed by atoms with van der Waals surface area (Å²) in [4.78, 5) is 33.9. The molecule has 55 heavy (non-hydrogen) atoms. The molecule has 0 atom stereocenters. The molecule has 0 aliphatic carbocycles. The fourth-order valence-corrected chi connectivity index (χ4v) is 5.90. The van der Waals surface area contributed by atoms with Crippen LogP contribution in [0.2, 0.25) is 0 Å². The highest BCUT2D eigenvalue weighted by Crippen LogP contribution is 2.32. The summed E-state index contributed by atoms with van der Waals surface area (Å²) >= 11 is 2.14. The molecule has 0 fully saturated rings. The van der Waals surface area contributed by atoms with Gasteiger partial charge in [0.15, 0.2) is 5.58 Å². The normalized spacial score (nSPS) is 10.7. The Balaban J connectivity index is 0.000000185. The topological polar surface area (TPSA) is 118 Å². The molecule has 0 saturated carbocycles. The molecule has 3 aromatic carbocycles. The van der Waals surface area contributed by atoms with Crippen molar-refractivity contribution in [1.82, 2.24) is 0 Å². The fourth-order valence-electron chi connectivity index (χ4n) is 5.20. The predicted octanol–water partition coefficient (Wildman–Crippen LogP) is 10.7. The summed E-state index contributed by atoms with van der Waals surface area (Å²) in [6.07, 6.45) is 7.18. The maximum absolute atomic E-state index is 11.5. The lowest BCUT2D eigenvalue weighted by Gasteiger charge is -2.23. The third-order valence-electron chi connectivity index (χ3n) is 8.22. The molecule has 9 nitrogen and oxygen atoms in total. The lowest BCUT2D eigenvalue weighted by Crippen LogP contribution is -2.25. The lowest BCUT2D eigenvalue weighted by atomic mass is 10.1. The van der Waals surface area contributed by atoms with Gasteiger partial charge in [-0.15, -0.1) is 0 Å². The third kappa shape index (κ3) is 12.6. The molecule has 0 aliphatic heterocycles. The summed E-state index contributed by atoms with van der Waals surface area (Å²) in [5.74, 6) is 8.16. The van der Waals surface area contributed by atoms with Gasteiger partial charge in [0.25, 0.3) is 0 Å². The van der Waals surface area contributed by atoms with E-state index in [-0.39, 0.29) is 16.9 Å². The van der Waals surface area contributed by atoms with E-state index >= 15 is 0 Å². The molecular formula is C45H47IO9. The molecule has 6 aromatic rings. The van der Waals surface area contributed by atoms with Crippen molar-refractivity contribution < 1.29 is 27.5 Å². The minimum atomic E-state index is -0.474. The minimum Gasteiger partial charge on any atom is -0.493 e. The van der Waals surface area contributed by atoms with Gasteiger partial charge < -0.3 is 27.5 Å². The van der Waals surface area contributed by atoms with Gasteiger partial charge in [0, 0.05) is 52.9 Å². The summed E-state index contributed by atoms with van der Waals surface area (Å²) in [5.41, 5.74) is 2.02. The molecule has 0 saturated heterocycles. The van der Waals surface area contributed by atoms with E-state index < -0.39 is 5.60 Å². The molecule has 6 rings (SSSR count). The van der Waals surface area contributed by atoms with Crippen molar-refractivity contribution in [3.05, 3.63) is 131 Å². The number of halogens is 1. The fraction of sp³-hybridized carbons (Fsp3) is 0.311. The van der Waals surface area contributed by atoms with Gasteiger partial charge in [0.05, 0.1) is 10.2 Å². The standard InChI is InChI=1S/C17H18O3.C15H15IO3.C13H14O3/c1-2-3-4-5-6-7-12-19-15-10-8-14-9-11-17(18)20-16(14)13-15;1-5-15(3,4)19-11-7-6-10-9(2)8-12(17)18-14(10)13(11)16;1-3-6-15-10-4-5-11-9(2)7-13(14)16-12(11)8-10/h8-11,13H,2-5,12H2,1H3;5-8H,1H2,2-4H3;4-5,7-8H,3,6H2,1-2H3. The second-order valence-corrected chi connectivity index (χ2v) is 14.3. The van der Waals surface area contributed by atoms with Crippen LogP contribution in [0.15, 0.2) is 113 Å². The van der Waals surface area contributed by atoms with Crippen LogP contribution in [0.4, 0.5) is 0 Å². The van der Waals surface area contributed by atoms with Crippen molar-refractivity contribution in [3.63, 3.8) is 0 Å². The van der Waals surface area contributed by atoms with Crippen LogP contribution < -0.4 is 31.1 Å². The molecule has 0 unspecified atom stereocenters. The maximum atomic E-state index is 11.5. The molecular weight excluding hydrogens is 811 g/mol. The zero-order valence-corrected chi connectivity index (χ0v) is 34.4. The summed E-state index contributed by atoms with van der Waals surface area (Å²) in [6, 6.07) is 20.9. The van der Waals surface area contributed by atoms with Gasteiger partial charge in [-0.25, -0.2) is 14.4 Å². The van der Waals surface area contributed by atoms with Crippen molar-refractivity contribution in [1.29, 1.82) is 0 Å². The van der Waals surface area contributed by atoms with Crippen LogP contribution >= 0.6 is 22.6 Å². The largest absolute Gasteiger partial charge is 0.493 e. The molecule has 288 valence electrons. The Morgan fingerprint density at radius 3 is 2.09 bits per heavy atom. The quantitative estimate of drug-likeness (QED) is 0.0412. The minimum absolute atomic E-state index is 0.322. The van der Waals surface area contributed by atoms with E-state index in [1.54, 1.807) is 24.3 Å². The molecule has 0 aliphatic rings. The molecule has 3 heterocycles. The summed E-state index contributed by atoms with van der Waals surface area (Å²) in [5, 5.41) is 2.75. The van der Waals surface area contributed by atoms with E-state index in [2.05, 4.69) is 47.9 Å². The first-order valence-corrected chi connectivity index (χ1v) is 19.3. The van der Waals surface area contributed by atoms with Crippen molar-refractivity contribution in [3.8, 4) is 29.1 Å². The van der Waals surface area contributed by atoms with E-state index in [0.717, 1.165) is 55.9 Å². The van der Waals surface area contributed by atoms with Crippen LogP contribution in [-0.2, 0) is 0 Å². The van der Waals surface area contributed by atoms with Crippen molar-refractivity contribution in [2.45, 2.75) is 79.2 Å². The van der Waals surface area contributed by atoms with Crippen LogP contribution in [-0.4, -0.2) is 18.8 Å². The number of hydrogen-bond donors (Lipinski definition) is 0. The maximum Gasteiger partial charge on any atom is 0.336 e. The number of rotatable bonds is 11. The Bertz CT molecular complexity index is 2480. The van der Waals surface area contributed by atoms with Crippen LogP contribution in [0.25, 0.3) is 32.9 Å². The van der Waals surface area contributed by atoms with Gasteiger partial charge in [0.1, 0.15) is 40.6 Å². The van der Waals surface area contributed by atoms with Crippen LogP contribution in [0, 0.1) is 29.3 Å². The monoisotopic (exact) mass is 858 g/mol. The molecule has 0 radical (unpaired) electrons. The Morgan fingerprint density at radius 1 is 0.727 bits per heavy atom. The first-order chi connectivity index (χ1) is 26.3. The highest BCUT2D eigenvalue weighted by molar-refractivity contribution is 14.1. The second-order valence-electron chi connectivity index (χ2n) is 13.2. The number of ether oxygens (including phenoxy) is 3. The highest BCUT2D eigenvalue weighted by Gasteiger charge is 2.19. The molecule has 0 bridgehead atoms. The van der Waals surface area contributed by atoms with Gasteiger partial charge in [-0.2, -0.15) is 0 Å². The smallest absolute Gasteiger partial charge is 0.336 e. The molecule has 10 heteroatoms. The average Bonchev–Trinajstić information content (AvgIpc) is 3.15. The zero-order valence-electron chi connectivity index (χ0n) is 32.2. The number of aryl methyl sites for hydroxylation is 2. The van der Waals surface area contributed by atoms with Gasteiger partial charge >= 0.3 is 16.9 Å². The second kappa shape index (κ2) is 20.4. The van der Waals surface area contributed by atoms with E-state index in [9.17, 15) is 14.4 Å². The Kier molecular flexibility index (Phi) is 15.8. The van der Waals surface area contributed by atoms with E-state index in [1.165, 1.54) is 31.0 Å². The zero-order chi connectivity index (χ0) is 40.0. The predicted molar refractivity (Wildman–Crippen MR) is 228 cm³/mol. The molecule has 0 amide bonds. The Labute approximate surface area is 334 Å². The average molecular weight is 859 g/mol. The summed E-state index contributed by atoms with van der Waals surface area (Å²) < 4.78 is 33.2. The number of benzene rings is 3. The molecule has 0 spiro atoms. The summed E-state index contributed by atoms with van der Waals surface area (Å²) in [7, 11) is 0. The Morgan fingerprint density at radius 2 is 1.36 bits per heavy atom. The lowest BCUT2D eigenvalue weighted by molar-refractivity contribution is 0.161. The molecule has 0 N–H and O–H groups in total. The van der Waals surface area contributed by atoms with Crippen molar-refractivity contribution in [2.75, 3.05) is 13.2 Å². The number of fused-ring (bicyclic) bond motifs is 3. The van der Waals surface area contributed by atoms with Crippen LogP contribution in [0.3, 0.4) is 0 Å². The third-order valence-corrected chi connectivity index (χ3v) is 9.24. The first kappa shape index (κ1) is 42.5. The SMILES string of the molecule is C=CC(C)(C)Oc1ccc2c(C)cc(=O)oc2c1I.CCCCCC#CCOc1ccc2ccc(=O)oc2c1.CCCOc1ccc2c(C)cc(=O)oc2c1. The molecule has 3 aromatic heterocycles. The van der Waals surface area contributed by atoms with E-state index in [4.69, 9.17) is 27.5 Å². The van der Waals surface area contributed by atoms with Crippen LogP contribution in [0.5, 0.6) is 17.2 Å². The number of hydrogen-bond acceptors (Lipinski definition) is 9. The van der Waals surface area contributed by atoms with Crippen LogP contribution in [0.1, 0.15) is 70.9 Å². The Hall–Kier alpha value is -5.28. The van der Waals surface area contributed by atoms with Gasteiger partial charge in [-0.3, -0.25) is 0 Å². The first-order valence-electron chi connectivity index (χ1n) is 18.2. The van der Waals surface area contributed by atoms with E-state index in [1.807, 2.05) is 71.0 Å². The van der Waals surface area contributed by atoms with Crippen molar-refractivity contribution in [2.24, 2.45) is 0 Å². The number of unbranched alkanes of at least 4 members (excludes halogenated alkanes) is 3. The van der Waals surface area contributed by atoms with Gasteiger partial charge in [0.2, 0.25) is 0 Å².